The van der Waals surface area contributed by atoms with Crippen molar-refractivity contribution in [2.75, 3.05) is 13.1 Å². The van der Waals surface area contributed by atoms with Crippen molar-refractivity contribution >= 4 is 10.0 Å². The summed E-state index contributed by atoms with van der Waals surface area (Å²) in [6.07, 6.45) is 1.37. The van der Waals surface area contributed by atoms with E-state index in [1.54, 1.807) is 24.3 Å². The van der Waals surface area contributed by atoms with Crippen molar-refractivity contribution in [3.05, 3.63) is 29.8 Å². The third-order valence-electron chi connectivity index (χ3n) is 4.58. The van der Waals surface area contributed by atoms with Gasteiger partial charge < -0.3 is 10.8 Å². The van der Waals surface area contributed by atoms with Gasteiger partial charge in [-0.25, -0.2) is 8.42 Å². The number of aliphatic hydroxyl groups excluding tert-OH is 1. The predicted octanol–water partition coefficient (Wildman–Crippen LogP) is 0.537. The van der Waals surface area contributed by atoms with Crippen molar-refractivity contribution < 1.29 is 13.5 Å². The molecule has 6 heteroatoms. The first kappa shape index (κ1) is 14.0. The lowest BCUT2D eigenvalue weighted by Crippen LogP contribution is -2.31. The average molecular weight is 296 g/mol. The zero-order valence-electron chi connectivity index (χ0n) is 11.3. The largest absolute Gasteiger partial charge is 0.393 e. The number of hydrogen-bond donors (Lipinski definition) is 2. The van der Waals surface area contributed by atoms with Crippen LogP contribution in [-0.2, 0) is 16.6 Å². The lowest BCUT2D eigenvalue weighted by atomic mass is 10.00. The monoisotopic (exact) mass is 296 g/mol. The van der Waals surface area contributed by atoms with Crippen LogP contribution in [0.25, 0.3) is 0 Å². The van der Waals surface area contributed by atoms with Gasteiger partial charge in [0.05, 0.1) is 11.0 Å². The maximum Gasteiger partial charge on any atom is 0.243 e. The van der Waals surface area contributed by atoms with Gasteiger partial charge in [0.1, 0.15) is 0 Å². The van der Waals surface area contributed by atoms with Gasteiger partial charge in [-0.1, -0.05) is 12.1 Å². The van der Waals surface area contributed by atoms with Gasteiger partial charge >= 0.3 is 0 Å². The highest BCUT2D eigenvalue weighted by atomic mass is 32.2. The van der Waals surface area contributed by atoms with E-state index in [1.165, 1.54) is 4.31 Å². The Bertz CT molecular complexity index is 585. The molecule has 1 aliphatic carbocycles. The van der Waals surface area contributed by atoms with E-state index in [4.69, 9.17) is 5.73 Å². The van der Waals surface area contributed by atoms with Gasteiger partial charge in [0.2, 0.25) is 10.0 Å². The summed E-state index contributed by atoms with van der Waals surface area (Å²) in [7, 11) is -3.45. The number of benzene rings is 1. The standard InChI is InChI=1S/C14H20N2O3S/c15-7-10-1-4-12(5-2-10)20(18,19)16-8-11-3-6-14(17)13(11)9-16/h1-2,4-5,11,13-14,17H,3,6-9,15H2. The quantitative estimate of drug-likeness (QED) is 0.852. The molecule has 3 unspecified atom stereocenters. The number of sulfonamides is 1. The lowest BCUT2D eigenvalue weighted by molar-refractivity contribution is 0.129. The van der Waals surface area contributed by atoms with Gasteiger partial charge in [0.25, 0.3) is 0 Å². The molecule has 1 aliphatic heterocycles. The molecule has 1 saturated carbocycles. The fourth-order valence-electron chi connectivity index (χ4n) is 3.34. The number of rotatable bonds is 3. The fourth-order valence-corrected chi connectivity index (χ4v) is 4.87. The second-order valence-electron chi connectivity index (χ2n) is 5.74. The minimum Gasteiger partial charge on any atom is -0.393 e. The molecule has 20 heavy (non-hydrogen) atoms. The second-order valence-corrected chi connectivity index (χ2v) is 7.68. The Kier molecular flexibility index (Phi) is 3.58. The van der Waals surface area contributed by atoms with Crippen molar-refractivity contribution in [1.29, 1.82) is 0 Å². The van der Waals surface area contributed by atoms with Crippen LogP contribution in [0.2, 0.25) is 0 Å². The van der Waals surface area contributed by atoms with E-state index in [1.807, 2.05) is 0 Å². The molecule has 0 spiro atoms. The summed E-state index contributed by atoms with van der Waals surface area (Å²) in [6.45, 7) is 1.37. The first-order chi connectivity index (χ1) is 9.52. The molecule has 0 aromatic heterocycles. The van der Waals surface area contributed by atoms with Gasteiger partial charge in [-0.15, -0.1) is 0 Å². The van der Waals surface area contributed by atoms with E-state index in [2.05, 4.69) is 0 Å². The van der Waals surface area contributed by atoms with Gasteiger partial charge in [-0.3, -0.25) is 0 Å². The Morgan fingerprint density at radius 3 is 2.50 bits per heavy atom. The molecule has 0 amide bonds. The van der Waals surface area contributed by atoms with Crippen LogP contribution in [0.3, 0.4) is 0 Å². The molecule has 3 rings (SSSR count). The van der Waals surface area contributed by atoms with Crippen LogP contribution in [-0.4, -0.2) is 37.0 Å². The third kappa shape index (κ3) is 2.26. The van der Waals surface area contributed by atoms with E-state index >= 15 is 0 Å². The molecule has 2 aliphatic rings. The number of aliphatic hydroxyl groups is 1. The molecule has 5 nitrogen and oxygen atoms in total. The van der Waals surface area contributed by atoms with Crippen LogP contribution < -0.4 is 5.73 Å². The molecular weight excluding hydrogens is 276 g/mol. The molecule has 110 valence electrons. The van der Waals surface area contributed by atoms with E-state index in [9.17, 15) is 13.5 Å². The van der Waals surface area contributed by atoms with E-state index in [-0.39, 0.29) is 12.0 Å². The zero-order chi connectivity index (χ0) is 14.3. The highest BCUT2D eigenvalue weighted by Crippen LogP contribution is 2.40. The Morgan fingerprint density at radius 1 is 1.20 bits per heavy atom. The van der Waals surface area contributed by atoms with Crippen molar-refractivity contribution in [3.8, 4) is 0 Å². The predicted molar refractivity (Wildman–Crippen MR) is 75.3 cm³/mol. The molecule has 1 heterocycles. The average Bonchev–Trinajstić information content (AvgIpc) is 3.02. The number of hydrogen-bond acceptors (Lipinski definition) is 4. The maximum absolute atomic E-state index is 12.6. The Balaban J connectivity index is 1.82. The highest BCUT2D eigenvalue weighted by Gasteiger charge is 2.45. The van der Waals surface area contributed by atoms with Gasteiger partial charge in [-0.05, 0) is 36.5 Å². The molecule has 2 fully saturated rings. The molecule has 0 bridgehead atoms. The summed E-state index contributed by atoms with van der Waals surface area (Å²) in [5.41, 5.74) is 6.44. The molecule has 1 aromatic rings. The molecule has 1 saturated heterocycles. The fraction of sp³-hybridized carbons (Fsp3) is 0.571. The third-order valence-corrected chi connectivity index (χ3v) is 6.43. The molecule has 1 aromatic carbocycles. The summed E-state index contributed by atoms with van der Waals surface area (Å²) < 4.78 is 26.7. The SMILES string of the molecule is NCc1ccc(S(=O)(=O)N2CC3CCC(O)C3C2)cc1. The second kappa shape index (κ2) is 5.11. The van der Waals surface area contributed by atoms with Gasteiger partial charge in [0, 0.05) is 25.6 Å². The Labute approximate surface area is 119 Å². The topological polar surface area (TPSA) is 83.6 Å². The minimum atomic E-state index is -3.45. The number of nitrogens with zero attached hydrogens (tertiary/aromatic N) is 1. The van der Waals surface area contributed by atoms with Crippen LogP contribution in [0.4, 0.5) is 0 Å². The van der Waals surface area contributed by atoms with Crippen LogP contribution in [0.1, 0.15) is 18.4 Å². The van der Waals surface area contributed by atoms with Crippen LogP contribution in [0, 0.1) is 11.8 Å². The molecular formula is C14H20N2O3S. The van der Waals surface area contributed by atoms with E-state index < -0.39 is 10.0 Å². The maximum atomic E-state index is 12.6. The summed E-state index contributed by atoms with van der Waals surface area (Å²) in [5, 5.41) is 9.89. The van der Waals surface area contributed by atoms with Crippen molar-refractivity contribution in [2.45, 2.75) is 30.4 Å². The molecule has 0 radical (unpaired) electrons. The van der Waals surface area contributed by atoms with Gasteiger partial charge in [0.15, 0.2) is 0 Å². The highest BCUT2D eigenvalue weighted by molar-refractivity contribution is 7.89. The summed E-state index contributed by atoms with van der Waals surface area (Å²) in [6, 6.07) is 6.72. The number of nitrogens with two attached hydrogens (primary N) is 1. The Hall–Kier alpha value is -0.950. The van der Waals surface area contributed by atoms with Crippen molar-refractivity contribution in [3.63, 3.8) is 0 Å². The molecule has 3 N–H and O–H groups in total. The van der Waals surface area contributed by atoms with Crippen LogP contribution >= 0.6 is 0 Å². The summed E-state index contributed by atoms with van der Waals surface area (Å²) in [4.78, 5) is 0.309. The normalized spacial score (nSPS) is 30.6. The smallest absolute Gasteiger partial charge is 0.243 e. The summed E-state index contributed by atoms with van der Waals surface area (Å²) in [5.74, 6) is 0.413. The first-order valence-electron chi connectivity index (χ1n) is 6.99. The summed E-state index contributed by atoms with van der Waals surface area (Å²) >= 11 is 0. The number of fused-ring (bicyclic) bond motifs is 1. The van der Waals surface area contributed by atoms with Crippen molar-refractivity contribution in [1.82, 2.24) is 4.31 Å². The zero-order valence-corrected chi connectivity index (χ0v) is 12.1. The molecule has 3 atom stereocenters. The van der Waals surface area contributed by atoms with Gasteiger partial charge in [-0.2, -0.15) is 4.31 Å². The van der Waals surface area contributed by atoms with Crippen molar-refractivity contribution in [2.24, 2.45) is 17.6 Å². The van der Waals surface area contributed by atoms with Crippen LogP contribution in [0.5, 0.6) is 0 Å². The first-order valence-corrected chi connectivity index (χ1v) is 8.43. The van der Waals surface area contributed by atoms with E-state index in [0.717, 1.165) is 18.4 Å². The minimum absolute atomic E-state index is 0.105. The lowest BCUT2D eigenvalue weighted by Gasteiger charge is -2.18. The Morgan fingerprint density at radius 2 is 1.90 bits per heavy atom. The van der Waals surface area contributed by atoms with Crippen LogP contribution in [0.15, 0.2) is 29.2 Å². The van der Waals surface area contributed by atoms with E-state index in [0.29, 0.717) is 30.4 Å².